The summed E-state index contributed by atoms with van der Waals surface area (Å²) in [6, 6.07) is 3.88. The first-order valence-corrected chi connectivity index (χ1v) is 9.18. The maximum absolute atomic E-state index is 12.8. The summed E-state index contributed by atoms with van der Waals surface area (Å²) >= 11 is 12.1. The summed E-state index contributed by atoms with van der Waals surface area (Å²) in [4.78, 5) is 11.8. The molecular weight excluding hydrogens is 460 g/mol. The number of halogens is 5. The molecular formula is C18H15Cl2F3N6O2. The fraction of sp³-hybridized carbons (Fsp3) is 0.167. The van der Waals surface area contributed by atoms with Crippen LogP contribution in [0.5, 0.6) is 11.5 Å². The second-order valence-electron chi connectivity index (χ2n) is 5.97. The Morgan fingerprint density at radius 1 is 0.871 bits per heavy atom. The molecule has 3 aromatic rings. The highest BCUT2D eigenvalue weighted by molar-refractivity contribution is 6.33. The number of benzene rings is 1. The number of ether oxygens (including phenoxy) is 2. The quantitative estimate of drug-likeness (QED) is 0.442. The van der Waals surface area contributed by atoms with Gasteiger partial charge in [0, 0.05) is 12.3 Å². The van der Waals surface area contributed by atoms with Crippen LogP contribution in [-0.4, -0.2) is 29.2 Å². The van der Waals surface area contributed by atoms with E-state index in [-0.39, 0.29) is 28.2 Å². The van der Waals surface area contributed by atoms with Crippen molar-refractivity contribution in [3.63, 3.8) is 0 Å². The predicted octanol–water partition coefficient (Wildman–Crippen LogP) is 5.28. The molecule has 0 saturated heterocycles. The van der Waals surface area contributed by atoms with Crippen LogP contribution in [0.25, 0.3) is 0 Å². The van der Waals surface area contributed by atoms with Gasteiger partial charge >= 0.3 is 6.18 Å². The standard InChI is InChI=1S/C18H15Cl2F3N6O2/c1-30-12-5-13(31-2)11(4-9(12)19)28-16-14(24)17(27-7-26-16)29-15-10(20)3-8(6-25-15)18(21,22)23/h3-7H,24H2,1-2H3,(H2,25,26,27,28,29). The van der Waals surface area contributed by atoms with Crippen molar-refractivity contribution >= 4 is 52.0 Å². The molecule has 0 fully saturated rings. The summed E-state index contributed by atoms with van der Waals surface area (Å²) in [6.45, 7) is 0. The average Bonchev–Trinajstić information content (AvgIpc) is 2.71. The van der Waals surface area contributed by atoms with Crippen molar-refractivity contribution in [1.29, 1.82) is 0 Å². The second kappa shape index (κ2) is 8.90. The van der Waals surface area contributed by atoms with E-state index < -0.39 is 11.7 Å². The number of nitrogen functional groups attached to an aromatic ring is 1. The van der Waals surface area contributed by atoms with Crippen molar-refractivity contribution in [2.75, 3.05) is 30.6 Å². The number of aromatic nitrogens is 3. The highest BCUT2D eigenvalue weighted by Crippen LogP contribution is 2.39. The van der Waals surface area contributed by atoms with E-state index in [1.807, 2.05) is 0 Å². The largest absolute Gasteiger partial charge is 0.495 e. The topological polar surface area (TPSA) is 107 Å². The van der Waals surface area contributed by atoms with Gasteiger partial charge in [-0.15, -0.1) is 0 Å². The normalized spacial score (nSPS) is 11.2. The van der Waals surface area contributed by atoms with E-state index in [9.17, 15) is 13.2 Å². The van der Waals surface area contributed by atoms with Gasteiger partial charge in [-0.25, -0.2) is 15.0 Å². The number of nitrogens with two attached hydrogens (primary N) is 1. The molecule has 0 aliphatic rings. The van der Waals surface area contributed by atoms with Crippen molar-refractivity contribution < 1.29 is 22.6 Å². The van der Waals surface area contributed by atoms with Gasteiger partial charge < -0.3 is 25.8 Å². The van der Waals surface area contributed by atoms with Crippen LogP contribution in [0.15, 0.2) is 30.7 Å². The second-order valence-corrected chi connectivity index (χ2v) is 6.79. The number of nitrogens with zero attached hydrogens (tertiary/aromatic N) is 3. The zero-order chi connectivity index (χ0) is 22.8. The number of alkyl halides is 3. The molecule has 0 radical (unpaired) electrons. The Hall–Kier alpha value is -3.18. The van der Waals surface area contributed by atoms with Crippen LogP contribution in [0.3, 0.4) is 0 Å². The molecule has 31 heavy (non-hydrogen) atoms. The third-order valence-electron chi connectivity index (χ3n) is 4.02. The Morgan fingerprint density at radius 2 is 1.52 bits per heavy atom. The maximum Gasteiger partial charge on any atom is 0.417 e. The molecule has 4 N–H and O–H groups in total. The van der Waals surface area contributed by atoms with Crippen LogP contribution in [0, 0.1) is 0 Å². The number of nitrogens with one attached hydrogen (secondary N) is 2. The van der Waals surface area contributed by atoms with Crippen LogP contribution in [0.1, 0.15) is 5.56 Å². The number of rotatable bonds is 6. The first kappa shape index (κ1) is 22.5. The predicted molar refractivity (Wildman–Crippen MR) is 112 cm³/mol. The summed E-state index contributed by atoms with van der Waals surface area (Å²) < 4.78 is 48.8. The smallest absolute Gasteiger partial charge is 0.417 e. The van der Waals surface area contributed by atoms with Gasteiger partial charge in [0.2, 0.25) is 0 Å². The Bertz CT molecular complexity index is 1110. The van der Waals surface area contributed by atoms with E-state index in [1.165, 1.54) is 20.5 Å². The van der Waals surface area contributed by atoms with Gasteiger partial charge in [0.1, 0.15) is 29.3 Å². The van der Waals surface area contributed by atoms with Crippen LogP contribution >= 0.6 is 23.2 Å². The molecule has 0 unspecified atom stereocenters. The molecule has 0 atom stereocenters. The molecule has 1 aromatic carbocycles. The zero-order valence-corrected chi connectivity index (χ0v) is 17.5. The van der Waals surface area contributed by atoms with Gasteiger partial charge in [0.25, 0.3) is 0 Å². The Kier molecular flexibility index (Phi) is 6.46. The number of anilines is 5. The van der Waals surface area contributed by atoms with Gasteiger partial charge in [-0.05, 0) is 12.1 Å². The molecule has 0 saturated carbocycles. The minimum atomic E-state index is -4.57. The Labute approximate surface area is 184 Å². The van der Waals surface area contributed by atoms with Gasteiger partial charge in [-0.1, -0.05) is 23.2 Å². The molecule has 0 aliphatic heterocycles. The lowest BCUT2D eigenvalue weighted by Gasteiger charge is -2.16. The van der Waals surface area contributed by atoms with Gasteiger partial charge in [-0.3, -0.25) is 0 Å². The van der Waals surface area contributed by atoms with E-state index in [1.54, 1.807) is 12.1 Å². The van der Waals surface area contributed by atoms with Gasteiger partial charge in [-0.2, -0.15) is 13.2 Å². The Morgan fingerprint density at radius 3 is 2.10 bits per heavy atom. The summed E-state index contributed by atoms with van der Waals surface area (Å²) in [5.74, 6) is 1.01. The fourth-order valence-electron chi connectivity index (χ4n) is 2.48. The van der Waals surface area contributed by atoms with Crippen LogP contribution in [0.4, 0.5) is 42.0 Å². The fourth-order valence-corrected chi connectivity index (χ4v) is 2.93. The lowest BCUT2D eigenvalue weighted by Crippen LogP contribution is -2.09. The summed E-state index contributed by atoms with van der Waals surface area (Å²) in [6.07, 6.45) is -2.73. The lowest BCUT2D eigenvalue weighted by molar-refractivity contribution is -0.137. The lowest BCUT2D eigenvalue weighted by atomic mass is 10.2. The number of hydrogen-bond donors (Lipinski definition) is 3. The van der Waals surface area contributed by atoms with Crippen LogP contribution in [0.2, 0.25) is 10.0 Å². The van der Waals surface area contributed by atoms with E-state index in [4.69, 9.17) is 38.4 Å². The molecule has 2 heterocycles. The number of methoxy groups -OCH3 is 2. The number of hydrogen-bond acceptors (Lipinski definition) is 8. The van der Waals surface area contributed by atoms with E-state index in [2.05, 4.69) is 25.6 Å². The third-order valence-corrected chi connectivity index (χ3v) is 4.60. The zero-order valence-electron chi connectivity index (χ0n) is 16.0. The Balaban J connectivity index is 1.90. The van der Waals surface area contributed by atoms with E-state index in [0.29, 0.717) is 28.4 Å². The molecule has 0 amide bonds. The van der Waals surface area contributed by atoms with Crippen molar-refractivity contribution in [2.45, 2.75) is 6.18 Å². The molecule has 2 aromatic heterocycles. The SMILES string of the molecule is COc1cc(OC)c(Nc2ncnc(Nc3ncc(C(F)(F)F)cc3Cl)c2N)cc1Cl. The highest BCUT2D eigenvalue weighted by Gasteiger charge is 2.31. The van der Waals surface area contributed by atoms with E-state index in [0.717, 1.165) is 6.07 Å². The monoisotopic (exact) mass is 474 g/mol. The molecule has 0 bridgehead atoms. The summed E-state index contributed by atoms with van der Waals surface area (Å²) in [7, 11) is 2.93. The summed E-state index contributed by atoms with van der Waals surface area (Å²) in [5, 5.41) is 5.73. The minimum absolute atomic E-state index is 0.0502. The molecule has 8 nitrogen and oxygen atoms in total. The number of pyridine rings is 1. The maximum atomic E-state index is 12.8. The minimum Gasteiger partial charge on any atom is -0.495 e. The molecule has 0 spiro atoms. The van der Waals surface area contributed by atoms with Crippen LogP contribution in [-0.2, 0) is 6.18 Å². The van der Waals surface area contributed by atoms with Crippen molar-refractivity contribution in [3.8, 4) is 11.5 Å². The van der Waals surface area contributed by atoms with Crippen LogP contribution < -0.4 is 25.8 Å². The molecule has 3 rings (SSSR count). The average molecular weight is 475 g/mol. The molecule has 164 valence electrons. The van der Waals surface area contributed by atoms with Crippen molar-refractivity contribution in [3.05, 3.63) is 46.3 Å². The van der Waals surface area contributed by atoms with Crippen molar-refractivity contribution in [1.82, 2.24) is 15.0 Å². The van der Waals surface area contributed by atoms with Gasteiger partial charge in [0.15, 0.2) is 11.6 Å². The van der Waals surface area contributed by atoms with Gasteiger partial charge in [0.05, 0.1) is 35.5 Å². The summed E-state index contributed by atoms with van der Waals surface area (Å²) in [5.41, 5.74) is 5.62. The van der Waals surface area contributed by atoms with E-state index >= 15 is 0 Å². The molecule has 13 heteroatoms. The molecule has 0 aliphatic carbocycles. The first-order chi connectivity index (χ1) is 14.6. The third kappa shape index (κ3) is 4.94. The van der Waals surface area contributed by atoms with Crippen molar-refractivity contribution in [2.24, 2.45) is 0 Å². The first-order valence-electron chi connectivity index (χ1n) is 8.42. The highest BCUT2D eigenvalue weighted by atomic mass is 35.5.